The average Bonchev–Trinajstić information content (AvgIpc) is 2.11. The number of hydrogen-bond donors (Lipinski definition) is 2. The van der Waals surface area contributed by atoms with Crippen molar-refractivity contribution in [3.8, 4) is 11.8 Å². The Morgan fingerprint density at radius 3 is 2.60 bits per heavy atom. The Bertz CT molecular complexity index is 390. The fourth-order valence-electron chi connectivity index (χ4n) is 1.08. The third-order valence-corrected chi connectivity index (χ3v) is 2.27. The molecule has 0 aliphatic rings. The number of nitriles is 1. The lowest BCUT2D eigenvalue weighted by atomic mass is 10.0. The maximum absolute atomic E-state index is 9.54. The number of rotatable bonds is 2. The van der Waals surface area contributed by atoms with Crippen molar-refractivity contribution in [3.63, 3.8) is 0 Å². The van der Waals surface area contributed by atoms with Crippen LogP contribution >= 0.6 is 35.6 Å². The van der Waals surface area contributed by atoms with Gasteiger partial charge in [0.1, 0.15) is 5.75 Å². The topological polar surface area (TPSA) is 70.0 Å². The minimum Gasteiger partial charge on any atom is -0.506 e. The van der Waals surface area contributed by atoms with Gasteiger partial charge in [-0.3, -0.25) is 0 Å². The van der Waals surface area contributed by atoms with Crippen LogP contribution in [-0.4, -0.2) is 5.11 Å². The Morgan fingerprint density at radius 2 is 2.07 bits per heavy atom. The van der Waals surface area contributed by atoms with Gasteiger partial charge in [-0.1, -0.05) is 23.2 Å². The predicted molar refractivity (Wildman–Crippen MR) is 62.5 cm³/mol. The van der Waals surface area contributed by atoms with E-state index in [-0.39, 0.29) is 29.6 Å². The van der Waals surface area contributed by atoms with Gasteiger partial charge < -0.3 is 10.8 Å². The molecule has 1 aromatic carbocycles. The first kappa shape index (κ1) is 14.3. The summed E-state index contributed by atoms with van der Waals surface area (Å²) >= 11 is 11.4. The van der Waals surface area contributed by atoms with E-state index < -0.39 is 6.04 Å². The molecular formula is C9H9Cl3N2O. The van der Waals surface area contributed by atoms with E-state index in [1.54, 1.807) is 0 Å². The maximum Gasteiger partial charge on any atom is 0.139 e. The lowest BCUT2D eigenvalue weighted by Gasteiger charge is -2.11. The van der Waals surface area contributed by atoms with E-state index in [9.17, 15) is 5.11 Å². The Balaban J connectivity index is 0.00000196. The molecule has 0 saturated heterocycles. The first-order valence-corrected chi connectivity index (χ1v) is 4.62. The average molecular weight is 268 g/mol. The molecule has 6 heteroatoms. The lowest BCUT2D eigenvalue weighted by molar-refractivity contribution is 0.462. The number of aromatic hydroxyl groups is 1. The molecule has 15 heavy (non-hydrogen) atoms. The number of phenols is 1. The van der Waals surface area contributed by atoms with Gasteiger partial charge in [0.25, 0.3) is 0 Å². The van der Waals surface area contributed by atoms with Crippen LogP contribution in [0.5, 0.6) is 5.75 Å². The molecule has 0 heterocycles. The van der Waals surface area contributed by atoms with Gasteiger partial charge in [0.2, 0.25) is 0 Å². The van der Waals surface area contributed by atoms with Crippen LogP contribution in [-0.2, 0) is 0 Å². The Hall–Kier alpha value is -0.660. The van der Waals surface area contributed by atoms with E-state index in [0.717, 1.165) is 0 Å². The molecule has 3 N–H and O–H groups in total. The highest BCUT2D eigenvalue weighted by molar-refractivity contribution is 6.35. The number of nitrogens with zero attached hydrogens (tertiary/aromatic N) is 1. The molecule has 1 aromatic rings. The van der Waals surface area contributed by atoms with Crippen molar-refractivity contribution in [1.82, 2.24) is 0 Å². The Morgan fingerprint density at radius 1 is 1.47 bits per heavy atom. The molecular weight excluding hydrogens is 258 g/mol. The smallest absolute Gasteiger partial charge is 0.139 e. The number of halogens is 3. The SMILES string of the molecule is Cl.N#CC[C@H](N)c1cc(Cl)cc(Cl)c1O. The lowest BCUT2D eigenvalue weighted by Crippen LogP contribution is -2.09. The largest absolute Gasteiger partial charge is 0.506 e. The van der Waals surface area contributed by atoms with Crippen molar-refractivity contribution in [3.05, 3.63) is 27.7 Å². The molecule has 0 fully saturated rings. The van der Waals surface area contributed by atoms with Crippen molar-refractivity contribution in [1.29, 1.82) is 5.26 Å². The van der Waals surface area contributed by atoms with Crippen molar-refractivity contribution >= 4 is 35.6 Å². The minimum atomic E-state index is -0.573. The summed E-state index contributed by atoms with van der Waals surface area (Å²) in [5.74, 6) is -0.112. The summed E-state index contributed by atoms with van der Waals surface area (Å²) in [6, 6.07) is 4.26. The van der Waals surface area contributed by atoms with Crippen LogP contribution in [0, 0.1) is 11.3 Å². The van der Waals surface area contributed by atoms with Crippen LogP contribution < -0.4 is 5.73 Å². The minimum absolute atomic E-state index is 0. The molecule has 0 aliphatic carbocycles. The highest BCUT2D eigenvalue weighted by Gasteiger charge is 2.14. The molecule has 3 nitrogen and oxygen atoms in total. The second kappa shape index (κ2) is 6.04. The highest BCUT2D eigenvalue weighted by Crippen LogP contribution is 2.34. The molecule has 0 spiro atoms. The molecule has 1 rings (SSSR count). The Labute approximate surface area is 104 Å². The number of nitrogens with two attached hydrogens (primary N) is 1. The molecule has 0 amide bonds. The van der Waals surface area contributed by atoms with Crippen LogP contribution in [0.2, 0.25) is 10.0 Å². The zero-order chi connectivity index (χ0) is 10.7. The number of phenolic OH excluding ortho intramolecular Hbond substituents is 1. The molecule has 0 saturated carbocycles. The fraction of sp³-hybridized carbons (Fsp3) is 0.222. The summed E-state index contributed by atoms with van der Waals surface area (Å²) in [7, 11) is 0. The van der Waals surface area contributed by atoms with Gasteiger partial charge in [-0.05, 0) is 12.1 Å². The molecule has 0 bridgehead atoms. The van der Waals surface area contributed by atoms with Crippen LogP contribution in [0.15, 0.2) is 12.1 Å². The van der Waals surface area contributed by atoms with Crippen LogP contribution in [0.1, 0.15) is 18.0 Å². The normalized spacial score (nSPS) is 11.3. The van der Waals surface area contributed by atoms with E-state index in [0.29, 0.717) is 10.6 Å². The maximum atomic E-state index is 9.54. The first-order valence-electron chi connectivity index (χ1n) is 3.86. The third-order valence-electron chi connectivity index (χ3n) is 1.77. The van der Waals surface area contributed by atoms with Gasteiger partial charge in [-0.2, -0.15) is 5.26 Å². The van der Waals surface area contributed by atoms with Gasteiger partial charge in [-0.25, -0.2) is 0 Å². The van der Waals surface area contributed by atoms with Gasteiger partial charge in [0.05, 0.1) is 17.5 Å². The first-order chi connectivity index (χ1) is 6.56. The molecule has 0 radical (unpaired) electrons. The van der Waals surface area contributed by atoms with Crippen LogP contribution in [0.4, 0.5) is 0 Å². The fourth-order valence-corrected chi connectivity index (χ4v) is 1.59. The molecule has 0 aliphatic heterocycles. The monoisotopic (exact) mass is 266 g/mol. The summed E-state index contributed by atoms with van der Waals surface area (Å²) in [6.07, 6.45) is 0.101. The standard InChI is InChI=1S/C9H8Cl2N2O.ClH/c10-5-3-6(8(13)1-2-12)9(14)7(11)4-5;/h3-4,8,14H,1,13H2;1H/t8-;/m0./s1. The second-order valence-corrected chi connectivity index (χ2v) is 3.64. The molecule has 82 valence electrons. The summed E-state index contributed by atoms with van der Waals surface area (Å²) in [5.41, 5.74) is 6.04. The molecule has 0 unspecified atom stereocenters. The molecule has 1 atom stereocenters. The number of benzene rings is 1. The summed E-state index contributed by atoms with van der Waals surface area (Å²) < 4.78 is 0. The van der Waals surface area contributed by atoms with Gasteiger partial charge in [-0.15, -0.1) is 12.4 Å². The van der Waals surface area contributed by atoms with Crippen molar-refractivity contribution in [2.75, 3.05) is 0 Å². The summed E-state index contributed by atoms with van der Waals surface area (Å²) in [4.78, 5) is 0. The summed E-state index contributed by atoms with van der Waals surface area (Å²) in [6.45, 7) is 0. The predicted octanol–water partition coefficient (Wildman–Crippen LogP) is 3.03. The third kappa shape index (κ3) is 3.44. The van der Waals surface area contributed by atoms with Crippen molar-refractivity contribution in [2.45, 2.75) is 12.5 Å². The van der Waals surface area contributed by atoms with E-state index >= 15 is 0 Å². The number of hydrogen-bond acceptors (Lipinski definition) is 3. The van der Waals surface area contributed by atoms with Crippen molar-refractivity contribution in [2.24, 2.45) is 5.73 Å². The highest BCUT2D eigenvalue weighted by atomic mass is 35.5. The zero-order valence-corrected chi connectivity index (χ0v) is 9.90. The quantitative estimate of drug-likeness (QED) is 0.865. The van der Waals surface area contributed by atoms with Crippen molar-refractivity contribution < 1.29 is 5.11 Å². The van der Waals surface area contributed by atoms with Gasteiger partial charge >= 0.3 is 0 Å². The summed E-state index contributed by atoms with van der Waals surface area (Å²) in [5, 5.41) is 18.5. The van der Waals surface area contributed by atoms with Gasteiger partial charge in [0.15, 0.2) is 0 Å². The van der Waals surface area contributed by atoms with Crippen LogP contribution in [0.3, 0.4) is 0 Å². The molecule has 0 aromatic heterocycles. The van der Waals surface area contributed by atoms with Gasteiger partial charge in [0, 0.05) is 16.6 Å². The zero-order valence-electron chi connectivity index (χ0n) is 7.58. The van der Waals surface area contributed by atoms with E-state index in [1.807, 2.05) is 6.07 Å². The van der Waals surface area contributed by atoms with E-state index in [2.05, 4.69) is 0 Å². The van der Waals surface area contributed by atoms with Crippen LogP contribution in [0.25, 0.3) is 0 Å². The van der Waals surface area contributed by atoms with E-state index in [4.69, 9.17) is 34.2 Å². The van der Waals surface area contributed by atoms with E-state index in [1.165, 1.54) is 12.1 Å². The second-order valence-electron chi connectivity index (χ2n) is 2.79. The Kier molecular flexibility index (Phi) is 5.77.